The van der Waals surface area contributed by atoms with E-state index in [4.69, 9.17) is 9.15 Å². The Hall–Kier alpha value is -2.35. The smallest absolute Gasteiger partial charge is 0.258 e. The molecule has 1 atom stereocenters. The molecule has 1 aromatic heterocycles. The molecule has 3 saturated heterocycles. The van der Waals surface area contributed by atoms with Crippen LogP contribution < -0.4 is 0 Å². The molecule has 3 amide bonds. The Morgan fingerprint density at radius 3 is 2.15 bits per heavy atom. The highest BCUT2D eigenvalue weighted by Gasteiger charge is 2.40. The molecule has 0 aliphatic carbocycles. The minimum absolute atomic E-state index is 0.00955. The van der Waals surface area contributed by atoms with E-state index in [9.17, 15) is 14.4 Å². The van der Waals surface area contributed by atoms with Gasteiger partial charge in [0.1, 0.15) is 17.6 Å². The van der Waals surface area contributed by atoms with E-state index >= 15 is 0 Å². The molecule has 8 nitrogen and oxygen atoms in total. The monoisotopic (exact) mass is 459 g/mol. The molecule has 4 rings (SSSR count). The van der Waals surface area contributed by atoms with Gasteiger partial charge in [0.15, 0.2) is 0 Å². The molecular formula is C25H37N3O5. The Kier molecular flexibility index (Phi) is 6.84. The summed E-state index contributed by atoms with van der Waals surface area (Å²) in [6.45, 7) is 12.2. The number of carbonyl (C=O) groups is 3. The van der Waals surface area contributed by atoms with Crippen LogP contribution in [0.2, 0.25) is 0 Å². The fraction of sp³-hybridized carbons (Fsp3) is 0.720. The Morgan fingerprint density at radius 2 is 1.55 bits per heavy atom. The summed E-state index contributed by atoms with van der Waals surface area (Å²) in [5.74, 6) is 1.42. The average molecular weight is 460 g/mol. The lowest BCUT2D eigenvalue weighted by molar-refractivity contribution is -0.144. The molecule has 0 N–H and O–H groups in total. The molecule has 33 heavy (non-hydrogen) atoms. The zero-order chi connectivity index (χ0) is 23.8. The van der Waals surface area contributed by atoms with Gasteiger partial charge in [-0.1, -0.05) is 20.8 Å². The van der Waals surface area contributed by atoms with E-state index in [2.05, 4.69) is 20.8 Å². The Balaban J connectivity index is 1.38. The molecule has 8 heteroatoms. The molecule has 0 bridgehead atoms. The van der Waals surface area contributed by atoms with Crippen molar-refractivity contribution in [2.24, 2.45) is 5.92 Å². The second-order valence-corrected chi connectivity index (χ2v) is 10.5. The first kappa shape index (κ1) is 23.8. The molecule has 3 fully saturated rings. The van der Waals surface area contributed by atoms with Crippen LogP contribution >= 0.6 is 0 Å². The van der Waals surface area contributed by atoms with Crippen molar-refractivity contribution in [1.29, 1.82) is 0 Å². The number of nitrogens with zero attached hydrogens (tertiary/aromatic N) is 3. The van der Waals surface area contributed by atoms with Crippen molar-refractivity contribution in [3.8, 4) is 0 Å². The number of hydrogen-bond donors (Lipinski definition) is 0. The SMILES string of the molecule is Cc1oc(C(C)(C)C)cc1C(=O)N1CCC[C@H]1C(=O)N1CCC(C(=O)N2CCOCC2)CC1. The third-order valence-electron chi connectivity index (χ3n) is 7.16. The van der Waals surface area contributed by atoms with E-state index < -0.39 is 6.04 Å². The first-order valence-corrected chi connectivity index (χ1v) is 12.2. The van der Waals surface area contributed by atoms with Crippen LogP contribution in [0.15, 0.2) is 10.5 Å². The van der Waals surface area contributed by atoms with E-state index in [-0.39, 0.29) is 29.1 Å². The van der Waals surface area contributed by atoms with Crippen molar-refractivity contribution >= 4 is 17.7 Å². The molecule has 1 aromatic rings. The number of carbonyl (C=O) groups excluding carboxylic acids is 3. The highest BCUT2D eigenvalue weighted by molar-refractivity contribution is 5.99. The van der Waals surface area contributed by atoms with Crippen LogP contribution in [0.4, 0.5) is 0 Å². The van der Waals surface area contributed by atoms with Crippen molar-refractivity contribution in [3.05, 3.63) is 23.2 Å². The zero-order valence-electron chi connectivity index (χ0n) is 20.4. The number of aryl methyl sites for hydroxylation is 1. The maximum atomic E-state index is 13.4. The summed E-state index contributed by atoms with van der Waals surface area (Å²) in [6, 6.07) is 1.40. The van der Waals surface area contributed by atoms with Gasteiger partial charge in [-0.15, -0.1) is 0 Å². The van der Waals surface area contributed by atoms with E-state index in [1.165, 1.54) is 0 Å². The quantitative estimate of drug-likeness (QED) is 0.694. The van der Waals surface area contributed by atoms with Crippen molar-refractivity contribution < 1.29 is 23.5 Å². The third-order valence-corrected chi connectivity index (χ3v) is 7.16. The molecule has 3 aliphatic heterocycles. The molecule has 0 spiro atoms. The Morgan fingerprint density at radius 1 is 0.909 bits per heavy atom. The largest absolute Gasteiger partial charge is 0.465 e. The Labute approximate surface area is 196 Å². The molecular weight excluding hydrogens is 422 g/mol. The summed E-state index contributed by atoms with van der Waals surface area (Å²) in [5.41, 5.74) is 0.362. The normalized spacial score (nSPS) is 22.7. The first-order valence-electron chi connectivity index (χ1n) is 12.2. The van der Waals surface area contributed by atoms with Crippen LogP contribution in [0.25, 0.3) is 0 Å². The summed E-state index contributed by atoms with van der Waals surface area (Å²) >= 11 is 0. The summed E-state index contributed by atoms with van der Waals surface area (Å²) in [5, 5.41) is 0. The predicted octanol–water partition coefficient (Wildman–Crippen LogP) is 2.59. The van der Waals surface area contributed by atoms with Gasteiger partial charge in [-0.3, -0.25) is 14.4 Å². The highest BCUT2D eigenvalue weighted by Crippen LogP contribution is 2.30. The maximum absolute atomic E-state index is 13.4. The second kappa shape index (κ2) is 9.49. The van der Waals surface area contributed by atoms with Crippen LogP contribution in [-0.4, -0.2) is 84.4 Å². The molecule has 0 aromatic carbocycles. The standard InChI is InChI=1S/C25H37N3O5/c1-17-19(16-21(33-17)25(2,3)4)23(30)28-9-5-6-20(28)24(31)26-10-7-18(8-11-26)22(29)27-12-14-32-15-13-27/h16,18,20H,5-15H2,1-4H3/t20-/m0/s1. The van der Waals surface area contributed by atoms with Gasteiger partial charge in [0.05, 0.1) is 18.8 Å². The number of hydrogen-bond acceptors (Lipinski definition) is 5. The topological polar surface area (TPSA) is 83.3 Å². The molecule has 3 aliphatic rings. The van der Waals surface area contributed by atoms with Crippen molar-refractivity contribution in [2.45, 2.75) is 64.8 Å². The lowest BCUT2D eigenvalue weighted by atomic mass is 9.93. The fourth-order valence-corrected chi connectivity index (χ4v) is 5.08. The summed E-state index contributed by atoms with van der Waals surface area (Å²) in [7, 11) is 0. The van der Waals surface area contributed by atoms with Gasteiger partial charge in [-0.25, -0.2) is 0 Å². The number of amides is 3. The van der Waals surface area contributed by atoms with E-state index in [1.54, 1.807) is 4.90 Å². The van der Waals surface area contributed by atoms with Gasteiger partial charge >= 0.3 is 0 Å². The maximum Gasteiger partial charge on any atom is 0.258 e. The Bertz CT molecular complexity index is 888. The first-order chi connectivity index (χ1) is 15.7. The summed E-state index contributed by atoms with van der Waals surface area (Å²) in [4.78, 5) is 45.0. The fourth-order valence-electron chi connectivity index (χ4n) is 5.08. The van der Waals surface area contributed by atoms with E-state index in [1.807, 2.05) is 22.8 Å². The number of likely N-dealkylation sites (tertiary alicyclic amines) is 2. The van der Waals surface area contributed by atoms with Crippen LogP contribution in [0, 0.1) is 12.8 Å². The lowest BCUT2D eigenvalue weighted by Crippen LogP contribution is -2.52. The van der Waals surface area contributed by atoms with Crippen molar-refractivity contribution in [3.63, 3.8) is 0 Å². The third kappa shape index (κ3) is 4.95. The van der Waals surface area contributed by atoms with Crippen LogP contribution in [0.3, 0.4) is 0 Å². The number of ether oxygens (including phenoxy) is 1. The lowest BCUT2D eigenvalue weighted by Gasteiger charge is -2.37. The molecule has 4 heterocycles. The van der Waals surface area contributed by atoms with Crippen LogP contribution in [0.1, 0.15) is 68.3 Å². The van der Waals surface area contributed by atoms with E-state index in [0.29, 0.717) is 76.5 Å². The predicted molar refractivity (Wildman–Crippen MR) is 123 cm³/mol. The van der Waals surface area contributed by atoms with Crippen LogP contribution in [-0.2, 0) is 19.7 Å². The van der Waals surface area contributed by atoms with Crippen molar-refractivity contribution in [1.82, 2.24) is 14.7 Å². The van der Waals surface area contributed by atoms with Gasteiger partial charge in [-0.05, 0) is 38.7 Å². The molecule has 0 radical (unpaired) electrons. The minimum Gasteiger partial charge on any atom is -0.465 e. The number of morpholine rings is 1. The van der Waals surface area contributed by atoms with Crippen LogP contribution in [0.5, 0.6) is 0 Å². The average Bonchev–Trinajstić information content (AvgIpc) is 3.45. The highest BCUT2D eigenvalue weighted by atomic mass is 16.5. The molecule has 182 valence electrons. The van der Waals surface area contributed by atoms with Gasteiger partial charge in [0.2, 0.25) is 11.8 Å². The second-order valence-electron chi connectivity index (χ2n) is 10.5. The van der Waals surface area contributed by atoms with Gasteiger partial charge in [-0.2, -0.15) is 0 Å². The zero-order valence-corrected chi connectivity index (χ0v) is 20.4. The van der Waals surface area contributed by atoms with E-state index in [0.717, 1.165) is 12.2 Å². The van der Waals surface area contributed by atoms with Gasteiger partial charge < -0.3 is 23.9 Å². The number of piperidine rings is 1. The minimum atomic E-state index is -0.434. The molecule has 0 saturated carbocycles. The summed E-state index contributed by atoms with van der Waals surface area (Å²) in [6.07, 6.45) is 2.86. The molecule has 0 unspecified atom stereocenters. The number of rotatable bonds is 3. The van der Waals surface area contributed by atoms with Gasteiger partial charge in [0, 0.05) is 44.1 Å². The summed E-state index contributed by atoms with van der Waals surface area (Å²) < 4.78 is 11.2. The van der Waals surface area contributed by atoms with Crippen molar-refractivity contribution in [2.75, 3.05) is 45.9 Å². The van der Waals surface area contributed by atoms with Gasteiger partial charge in [0.25, 0.3) is 5.91 Å². The number of furan rings is 1.